The largest absolute Gasteiger partial charge is 0.379 e. The highest BCUT2D eigenvalue weighted by molar-refractivity contribution is 4.59. The first kappa shape index (κ1) is 17.9. The molecular weight excluding hydrogens is 226 g/mol. The molecule has 2 unspecified atom stereocenters. The van der Waals surface area contributed by atoms with Gasteiger partial charge in [-0.1, -0.05) is 58.8 Å². The Morgan fingerprint density at radius 1 is 0.667 bits per heavy atom. The van der Waals surface area contributed by atoms with Crippen LogP contribution >= 0.6 is 0 Å². The molecule has 18 heavy (non-hydrogen) atoms. The van der Waals surface area contributed by atoms with E-state index in [9.17, 15) is 10.2 Å². The molecule has 0 saturated heterocycles. The smallest absolute Gasteiger partial charge is 0.106 e. The zero-order chi connectivity index (χ0) is 13.6. The maximum atomic E-state index is 9.71. The van der Waals surface area contributed by atoms with Crippen LogP contribution in [0.25, 0.3) is 0 Å². The lowest BCUT2D eigenvalue weighted by molar-refractivity contribution is 0.0310. The van der Waals surface area contributed by atoms with Crippen molar-refractivity contribution in [2.24, 2.45) is 0 Å². The first-order chi connectivity index (χ1) is 8.70. The van der Waals surface area contributed by atoms with E-state index in [0.717, 1.165) is 25.7 Å². The van der Waals surface area contributed by atoms with Crippen molar-refractivity contribution in [3.05, 3.63) is 0 Å². The third kappa shape index (κ3) is 12.3. The first-order valence-electron chi connectivity index (χ1n) is 7.82. The normalized spacial score (nSPS) is 14.7. The van der Waals surface area contributed by atoms with Gasteiger partial charge in [-0.3, -0.25) is 5.32 Å². The molecule has 2 atom stereocenters. The quantitative estimate of drug-likeness (QED) is 0.350. The zero-order valence-electron chi connectivity index (χ0n) is 12.3. The van der Waals surface area contributed by atoms with Crippen LogP contribution in [0.2, 0.25) is 0 Å². The number of aliphatic hydroxyl groups is 2. The van der Waals surface area contributed by atoms with E-state index in [1.807, 2.05) is 0 Å². The third-order valence-corrected chi connectivity index (χ3v) is 3.30. The van der Waals surface area contributed by atoms with Crippen molar-refractivity contribution in [1.29, 1.82) is 0 Å². The fourth-order valence-corrected chi connectivity index (χ4v) is 2.09. The van der Waals surface area contributed by atoms with Crippen molar-refractivity contribution >= 4 is 0 Å². The van der Waals surface area contributed by atoms with Crippen LogP contribution in [0.15, 0.2) is 0 Å². The van der Waals surface area contributed by atoms with Gasteiger partial charge in [0.2, 0.25) is 0 Å². The minimum Gasteiger partial charge on any atom is -0.379 e. The molecule has 0 heterocycles. The zero-order valence-corrected chi connectivity index (χ0v) is 12.3. The predicted molar refractivity (Wildman–Crippen MR) is 77.3 cm³/mol. The van der Waals surface area contributed by atoms with Gasteiger partial charge >= 0.3 is 0 Å². The number of nitrogens with one attached hydrogen (secondary N) is 1. The summed E-state index contributed by atoms with van der Waals surface area (Å²) in [5.41, 5.74) is 0. The minimum atomic E-state index is -0.549. The first-order valence-corrected chi connectivity index (χ1v) is 7.82. The van der Waals surface area contributed by atoms with E-state index in [2.05, 4.69) is 19.2 Å². The summed E-state index contributed by atoms with van der Waals surface area (Å²) in [6.07, 6.45) is 11.0. The van der Waals surface area contributed by atoms with Crippen LogP contribution in [0.1, 0.15) is 84.5 Å². The van der Waals surface area contributed by atoms with E-state index in [-0.39, 0.29) is 0 Å². The Morgan fingerprint density at radius 2 is 1.06 bits per heavy atom. The molecule has 3 N–H and O–H groups in total. The van der Waals surface area contributed by atoms with Crippen LogP contribution in [0.5, 0.6) is 0 Å². The highest BCUT2D eigenvalue weighted by atomic mass is 16.3. The van der Waals surface area contributed by atoms with Gasteiger partial charge in [0.15, 0.2) is 0 Å². The average molecular weight is 259 g/mol. The maximum absolute atomic E-state index is 9.71. The Labute approximate surface area is 113 Å². The van der Waals surface area contributed by atoms with E-state index in [0.29, 0.717) is 0 Å². The molecule has 0 aliphatic carbocycles. The number of aliphatic hydroxyl groups excluding tert-OH is 2. The minimum absolute atomic E-state index is 0.548. The summed E-state index contributed by atoms with van der Waals surface area (Å²) in [4.78, 5) is 0. The van der Waals surface area contributed by atoms with Crippen LogP contribution in [0.3, 0.4) is 0 Å². The Kier molecular flexibility index (Phi) is 13.2. The van der Waals surface area contributed by atoms with Gasteiger partial charge in [0.1, 0.15) is 12.5 Å². The second-order valence-electron chi connectivity index (χ2n) is 5.25. The van der Waals surface area contributed by atoms with Crippen molar-refractivity contribution in [3.63, 3.8) is 0 Å². The highest BCUT2D eigenvalue weighted by Crippen LogP contribution is 2.08. The number of rotatable bonds is 13. The van der Waals surface area contributed by atoms with Crippen LogP contribution in [-0.2, 0) is 0 Å². The molecule has 0 radical (unpaired) electrons. The van der Waals surface area contributed by atoms with Crippen LogP contribution in [0, 0.1) is 0 Å². The molecule has 0 aliphatic heterocycles. The van der Waals surface area contributed by atoms with Gasteiger partial charge in [-0.25, -0.2) is 0 Å². The fraction of sp³-hybridized carbons (Fsp3) is 1.00. The van der Waals surface area contributed by atoms with Crippen LogP contribution < -0.4 is 5.32 Å². The van der Waals surface area contributed by atoms with Gasteiger partial charge < -0.3 is 10.2 Å². The summed E-state index contributed by atoms with van der Waals surface area (Å²) in [6, 6.07) is 0. The summed E-state index contributed by atoms with van der Waals surface area (Å²) in [6.45, 7) is 4.38. The van der Waals surface area contributed by atoms with Crippen LogP contribution in [-0.4, -0.2) is 22.7 Å². The van der Waals surface area contributed by atoms with Gasteiger partial charge in [0.05, 0.1) is 0 Å². The lowest BCUT2D eigenvalue weighted by Gasteiger charge is -2.18. The Bertz CT molecular complexity index is 165. The molecule has 3 heteroatoms. The molecule has 3 nitrogen and oxygen atoms in total. The number of hydrogen-bond acceptors (Lipinski definition) is 3. The predicted octanol–water partition coefficient (Wildman–Crippen LogP) is 3.54. The SMILES string of the molecule is CCCCCCCC(O)NC(O)CCCCCC. The molecule has 110 valence electrons. The molecule has 0 aromatic heterocycles. The summed E-state index contributed by atoms with van der Waals surface area (Å²) < 4.78 is 0. The van der Waals surface area contributed by atoms with Gasteiger partial charge in [-0.05, 0) is 25.7 Å². The lowest BCUT2D eigenvalue weighted by atomic mass is 10.1. The summed E-state index contributed by atoms with van der Waals surface area (Å²) in [5, 5.41) is 22.3. The summed E-state index contributed by atoms with van der Waals surface area (Å²) in [7, 11) is 0. The molecule has 0 fully saturated rings. The lowest BCUT2D eigenvalue weighted by Crippen LogP contribution is -2.38. The van der Waals surface area contributed by atoms with Gasteiger partial charge in [-0.15, -0.1) is 0 Å². The monoisotopic (exact) mass is 259 g/mol. The second-order valence-corrected chi connectivity index (χ2v) is 5.25. The molecule has 0 aromatic carbocycles. The molecule has 0 amide bonds. The maximum Gasteiger partial charge on any atom is 0.106 e. The Hall–Kier alpha value is -0.120. The molecule has 0 spiro atoms. The molecule has 0 rings (SSSR count). The molecular formula is C15H33NO2. The van der Waals surface area contributed by atoms with E-state index in [1.165, 1.54) is 44.9 Å². The average Bonchev–Trinajstić information content (AvgIpc) is 2.34. The molecule has 0 saturated carbocycles. The highest BCUT2D eigenvalue weighted by Gasteiger charge is 2.09. The molecule has 0 aliphatic rings. The van der Waals surface area contributed by atoms with Crippen molar-refractivity contribution in [2.45, 2.75) is 96.9 Å². The van der Waals surface area contributed by atoms with Crippen molar-refractivity contribution in [2.75, 3.05) is 0 Å². The van der Waals surface area contributed by atoms with E-state index >= 15 is 0 Å². The number of hydrogen-bond donors (Lipinski definition) is 3. The summed E-state index contributed by atoms with van der Waals surface area (Å²) >= 11 is 0. The van der Waals surface area contributed by atoms with E-state index < -0.39 is 12.5 Å². The topological polar surface area (TPSA) is 52.5 Å². The van der Waals surface area contributed by atoms with E-state index in [1.54, 1.807) is 0 Å². The second kappa shape index (κ2) is 13.3. The van der Waals surface area contributed by atoms with Crippen molar-refractivity contribution in [3.8, 4) is 0 Å². The summed E-state index contributed by atoms with van der Waals surface area (Å²) in [5.74, 6) is 0. The molecule has 0 aromatic rings. The third-order valence-electron chi connectivity index (χ3n) is 3.30. The van der Waals surface area contributed by atoms with Crippen LogP contribution in [0.4, 0.5) is 0 Å². The Morgan fingerprint density at radius 3 is 1.50 bits per heavy atom. The number of unbranched alkanes of at least 4 members (excludes halogenated alkanes) is 7. The van der Waals surface area contributed by atoms with Crippen molar-refractivity contribution < 1.29 is 10.2 Å². The Balaban J connectivity index is 3.34. The van der Waals surface area contributed by atoms with E-state index in [4.69, 9.17) is 0 Å². The molecule has 0 bridgehead atoms. The fourth-order valence-electron chi connectivity index (χ4n) is 2.09. The van der Waals surface area contributed by atoms with Gasteiger partial charge in [-0.2, -0.15) is 0 Å². The van der Waals surface area contributed by atoms with Gasteiger partial charge in [0, 0.05) is 0 Å². The van der Waals surface area contributed by atoms with Crippen molar-refractivity contribution in [1.82, 2.24) is 5.32 Å². The standard InChI is InChI=1S/C15H33NO2/c1-3-5-7-9-11-13-15(18)16-14(17)12-10-8-6-4-2/h14-18H,3-13H2,1-2H3. The van der Waals surface area contributed by atoms with Gasteiger partial charge in [0.25, 0.3) is 0 Å².